The van der Waals surface area contributed by atoms with Gasteiger partial charge in [-0.25, -0.2) is 0 Å². The van der Waals surface area contributed by atoms with E-state index >= 15 is 0 Å². The first kappa shape index (κ1) is 11.9. The number of nitro groups is 1. The minimum atomic E-state index is -0.581. The summed E-state index contributed by atoms with van der Waals surface area (Å²) in [6.07, 6.45) is 2.66. The normalized spacial score (nSPS) is 10.6. The molecular formula is C11H12N2O3. The molecule has 0 unspecified atom stereocenters. The number of primary amides is 1. The summed E-state index contributed by atoms with van der Waals surface area (Å²) in [5.41, 5.74) is 6.78. The average Bonchev–Trinajstić information content (AvgIpc) is 2.15. The molecule has 5 nitrogen and oxygen atoms in total. The van der Waals surface area contributed by atoms with Crippen LogP contribution in [0.1, 0.15) is 16.7 Å². The molecule has 0 aromatic heterocycles. The van der Waals surface area contributed by atoms with Gasteiger partial charge in [-0.1, -0.05) is 12.1 Å². The van der Waals surface area contributed by atoms with Crippen molar-refractivity contribution in [2.24, 2.45) is 5.73 Å². The van der Waals surface area contributed by atoms with Crippen molar-refractivity contribution in [3.63, 3.8) is 0 Å². The third-order valence-corrected chi connectivity index (χ3v) is 2.28. The van der Waals surface area contributed by atoms with Gasteiger partial charge in [-0.05, 0) is 25.5 Å². The van der Waals surface area contributed by atoms with E-state index in [9.17, 15) is 14.9 Å². The van der Waals surface area contributed by atoms with Gasteiger partial charge in [0.2, 0.25) is 5.91 Å². The lowest BCUT2D eigenvalue weighted by Gasteiger charge is -2.04. The van der Waals surface area contributed by atoms with Crippen molar-refractivity contribution in [2.45, 2.75) is 13.8 Å². The minimum absolute atomic E-state index is 0.0756. The van der Waals surface area contributed by atoms with Gasteiger partial charge in [0.15, 0.2) is 0 Å². The van der Waals surface area contributed by atoms with Gasteiger partial charge < -0.3 is 5.73 Å². The highest BCUT2D eigenvalue weighted by molar-refractivity contribution is 5.90. The second-order valence-corrected chi connectivity index (χ2v) is 3.44. The molecule has 0 spiro atoms. The lowest BCUT2D eigenvalue weighted by molar-refractivity contribution is -0.386. The summed E-state index contributed by atoms with van der Waals surface area (Å²) in [5, 5.41) is 10.8. The molecule has 5 heteroatoms. The van der Waals surface area contributed by atoms with Gasteiger partial charge in [0.05, 0.1) is 4.92 Å². The number of nitro benzene ring substituents is 1. The highest BCUT2D eigenvalue weighted by atomic mass is 16.6. The first-order chi connectivity index (χ1) is 7.43. The van der Waals surface area contributed by atoms with Crippen LogP contribution < -0.4 is 5.73 Å². The topological polar surface area (TPSA) is 86.2 Å². The molecule has 2 N–H and O–H groups in total. The minimum Gasteiger partial charge on any atom is -0.366 e. The largest absolute Gasteiger partial charge is 0.366 e. The van der Waals surface area contributed by atoms with Crippen LogP contribution in [0, 0.1) is 24.0 Å². The van der Waals surface area contributed by atoms with Crippen LogP contribution in [0.3, 0.4) is 0 Å². The first-order valence-electron chi connectivity index (χ1n) is 4.65. The number of carbonyl (C=O) groups excluding carboxylic acids is 1. The highest BCUT2D eigenvalue weighted by Crippen LogP contribution is 2.26. The SMILES string of the molecule is Cc1ccc(C=CC(N)=O)c(C)c1[N+](=O)[O-]. The molecule has 84 valence electrons. The summed E-state index contributed by atoms with van der Waals surface area (Å²) in [6.45, 7) is 3.32. The molecule has 1 aromatic carbocycles. The van der Waals surface area contributed by atoms with E-state index in [1.807, 2.05) is 0 Å². The summed E-state index contributed by atoms with van der Waals surface area (Å²) >= 11 is 0. The molecular weight excluding hydrogens is 208 g/mol. The van der Waals surface area contributed by atoms with Crippen molar-refractivity contribution in [1.29, 1.82) is 0 Å². The second-order valence-electron chi connectivity index (χ2n) is 3.44. The van der Waals surface area contributed by atoms with E-state index in [4.69, 9.17) is 5.73 Å². The molecule has 0 bridgehead atoms. The molecule has 1 rings (SSSR count). The van der Waals surface area contributed by atoms with E-state index in [0.29, 0.717) is 16.7 Å². The van der Waals surface area contributed by atoms with E-state index in [-0.39, 0.29) is 5.69 Å². The van der Waals surface area contributed by atoms with E-state index in [0.717, 1.165) is 0 Å². The maximum absolute atomic E-state index is 10.8. The van der Waals surface area contributed by atoms with Crippen LogP contribution in [0.4, 0.5) is 5.69 Å². The number of benzene rings is 1. The number of hydrogen-bond acceptors (Lipinski definition) is 3. The fourth-order valence-electron chi connectivity index (χ4n) is 1.48. The molecule has 1 amide bonds. The van der Waals surface area contributed by atoms with E-state index < -0.39 is 10.8 Å². The Morgan fingerprint density at radius 2 is 2.06 bits per heavy atom. The Labute approximate surface area is 92.7 Å². The fraction of sp³-hybridized carbons (Fsp3) is 0.182. The predicted octanol–water partition coefficient (Wildman–Crippen LogP) is 1.71. The second kappa shape index (κ2) is 4.57. The van der Waals surface area contributed by atoms with Gasteiger partial charge in [0.1, 0.15) is 0 Å². The molecule has 0 radical (unpaired) electrons. The number of carbonyl (C=O) groups is 1. The van der Waals surface area contributed by atoms with Crippen LogP contribution in [0.15, 0.2) is 18.2 Å². The summed E-state index contributed by atoms with van der Waals surface area (Å²) in [6, 6.07) is 3.36. The van der Waals surface area contributed by atoms with Gasteiger partial charge in [-0.2, -0.15) is 0 Å². The smallest absolute Gasteiger partial charge is 0.275 e. The fourth-order valence-corrected chi connectivity index (χ4v) is 1.48. The van der Waals surface area contributed by atoms with Crippen LogP contribution in [-0.4, -0.2) is 10.8 Å². The summed E-state index contributed by atoms with van der Waals surface area (Å²) in [7, 11) is 0. The molecule has 0 fully saturated rings. The molecule has 0 aliphatic carbocycles. The van der Waals surface area contributed by atoms with E-state index in [2.05, 4.69) is 0 Å². The third kappa shape index (κ3) is 2.44. The molecule has 0 aliphatic rings. The molecule has 0 saturated carbocycles. The quantitative estimate of drug-likeness (QED) is 0.478. The molecule has 0 aliphatic heterocycles. The Balaban J connectivity index is 3.29. The molecule has 1 aromatic rings. The lowest BCUT2D eigenvalue weighted by atomic mass is 10.0. The van der Waals surface area contributed by atoms with Crippen LogP contribution in [-0.2, 0) is 4.79 Å². The Morgan fingerprint density at radius 3 is 2.56 bits per heavy atom. The van der Waals surface area contributed by atoms with Crippen molar-refractivity contribution >= 4 is 17.7 Å². The number of rotatable bonds is 3. The lowest BCUT2D eigenvalue weighted by Crippen LogP contribution is -2.05. The Morgan fingerprint density at radius 1 is 1.44 bits per heavy atom. The maximum Gasteiger partial charge on any atom is 0.275 e. The van der Waals surface area contributed by atoms with Crippen molar-refractivity contribution < 1.29 is 9.72 Å². The zero-order valence-electron chi connectivity index (χ0n) is 9.06. The van der Waals surface area contributed by atoms with E-state index in [1.165, 1.54) is 12.2 Å². The van der Waals surface area contributed by atoms with E-state index in [1.54, 1.807) is 26.0 Å². The molecule has 0 heterocycles. The van der Waals surface area contributed by atoms with Crippen molar-refractivity contribution in [1.82, 2.24) is 0 Å². The number of nitrogens with two attached hydrogens (primary N) is 1. The molecule has 16 heavy (non-hydrogen) atoms. The van der Waals surface area contributed by atoms with Gasteiger partial charge in [0, 0.05) is 17.2 Å². The van der Waals surface area contributed by atoms with Crippen molar-refractivity contribution in [2.75, 3.05) is 0 Å². The number of amides is 1. The standard InChI is InChI=1S/C11H12N2O3/c1-7-3-4-9(5-6-10(12)14)8(2)11(7)13(15)16/h3-6H,1-2H3,(H2,12,14). The Bertz CT molecular complexity index is 478. The molecule has 0 saturated heterocycles. The molecule has 0 atom stereocenters. The predicted molar refractivity (Wildman–Crippen MR) is 60.8 cm³/mol. The van der Waals surface area contributed by atoms with Gasteiger partial charge in [-0.15, -0.1) is 0 Å². The first-order valence-corrected chi connectivity index (χ1v) is 4.65. The van der Waals surface area contributed by atoms with Gasteiger partial charge >= 0.3 is 0 Å². The monoisotopic (exact) mass is 220 g/mol. The van der Waals surface area contributed by atoms with Crippen molar-refractivity contribution in [3.05, 3.63) is 45.0 Å². The summed E-state index contributed by atoms with van der Waals surface area (Å²) in [5.74, 6) is -0.581. The van der Waals surface area contributed by atoms with Gasteiger partial charge in [-0.3, -0.25) is 14.9 Å². The zero-order valence-corrected chi connectivity index (χ0v) is 9.06. The van der Waals surface area contributed by atoms with Crippen LogP contribution in [0.5, 0.6) is 0 Å². The Hall–Kier alpha value is -2.17. The van der Waals surface area contributed by atoms with Crippen LogP contribution >= 0.6 is 0 Å². The summed E-state index contributed by atoms with van der Waals surface area (Å²) < 4.78 is 0. The Kier molecular flexibility index (Phi) is 3.40. The highest BCUT2D eigenvalue weighted by Gasteiger charge is 2.15. The number of aryl methyl sites for hydroxylation is 1. The average molecular weight is 220 g/mol. The number of hydrogen-bond donors (Lipinski definition) is 1. The van der Waals surface area contributed by atoms with Crippen LogP contribution in [0.25, 0.3) is 6.08 Å². The summed E-state index contributed by atoms with van der Waals surface area (Å²) in [4.78, 5) is 21.0. The van der Waals surface area contributed by atoms with Crippen LogP contribution in [0.2, 0.25) is 0 Å². The van der Waals surface area contributed by atoms with Crippen molar-refractivity contribution in [3.8, 4) is 0 Å². The zero-order chi connectivity index (χ0) is 12.3. The van der Waals surface area contributed by atoms with Gasteiger partial charge in [0.25, 0.3) is 5.69 Å². The third-order valence-electron chi connectivity index (χ3n) is 2.28. The number of nitrogens with zero attached hydrogens (tertiary/aromatic N) is 1. The maximum atomic E-state index is 10.8.